The van der Waals surface area contributed by atoms with E-state index in [1.807, 2.05) is 43.3 Å². The molecule has 3 aromatic rings. The van der Waals surface area contributed by atoms with Crippen molar-refractivity contribution in [2.45, 2.75) is 6.92 Å². The lowest BCUT2D eigenvalue weighted by Crippen LogP contribution is -2.16. The predicted molar refractivity (Wildman–Crippen MR) is 88.9 cm³/mol. The molecule has 0 spiro atoms. The van der Waals surface area contributed by atoms with Crippen molar-refractivity contribution in [3.05, 3.63) is 66.1 Å². The first kappa shape index (κ1) is 14.8. The van der Waals surface area contributed by atoms with E-state index < -0.39 is 5.91 Å². The van der Waals surface area contributed by atoms with Crippen molar-refractivity contribution in [2.24, 2.45) is 5.10 Å². The summed E-state index contributed by atoms with van der Waals surface area (Å²) in [4.78, 5) is 11.8. The van der Waals surface area contributed by atoms with Gasteiger partial charge in [-0.25, -0.2) is 5.43 Å². The lowest BCUT2D eigenvalue weighted by Gasteiger charge is -2.10. The maximum Gasteiger partial charge on any atom is 0.307 e. The quantitative estimate of drug-likeness (QED) is 0.578. The van der Waals surface area contributed by atoms with Gasteiger partial charge in [0.1, 0.15) is 5.75 Å². The van der Waals surface area contributed by atoms with E-state index in [1.54, 1.807) is 18.3 Å². The summed E-state index contributed by atoms with van der Waals surface area (Å²) in [6.45, 7) is 2.48. The fraction of sp³-hybridized carbons (Fsp3) is 0.111. The van der Waals surface area contributed by atoms with Crippen LogP contribution in [0.15, 0.2) is 64.3 Å². The summed E-state index contributed by atoms with van der Waals surface area (Å²) in [5.74, 6) is 0.539. The second kappa shape index (κ2) is 6.79. The minimum absolute atomic E-state index is 0.213. The molecule has 0 saturated heterocycles. The summed E-state index contributed by atoms with van der Waals surface area (Å²) in [6.07, 6.45) is 3.03. The smallest absolute Gasteiger partial charge is 0.307 e. The molecule has 1 N–H and O–H groups in total. The van der Waals surface area contributed by atoms with Gasteiger partial charge in [-0.3, -0.25) is 4.79 Å². The summed E-state index contributed by atoms with van der Waals surface area (Å²) in [7, 11) is 0. The highest BCUT2D eigenvalue weighted by Gasteiger charge is 2.08. The van der Waals surface area contributed by atoms with Crippen molar-refractivity contribution in [2.75, 3.05) is 6.61 Å². The van der Waals surface area contributed by atoms with Crippen LogP contribution in [0.5, 0.6) is 5.75 Å². The molecule has 0 aliphatic carbocycles. The number of carbonyl (C=O) groups excluding carboxylic acids is 1. The van der Waals surface area contributed by atoms with Gasteiger partial charge in [-0.1, -0.05) is 30.3 Å². The Morgan fingerprint density at radius 2 is 2.09 bits per heavy atom. The van der Waals surface area contributed by atoms with Crippen molar-refractivity contribution in [3.8, 4) is 5.75 Å². The third-order valence-corrected chi connectivity index (χ3v) is 3.34. The molecule has 116 valence electrons. The van der Waals surface area contributed by atoms with E-state index >= 15 is 0 Å². The van der Waals surface area contributed by atoms with Crippen LogP contribution in [0.2, 0.25) is 0 Å². The number of benzene rings is 2. The van der Waals surface area contributed by atoms with Crippen LogP contribution in [-0.2, 0) is 0 Å². The second-order valence-electron chi connectivity index (χ2n) is 4.81. The van der Waals surface area contributed by atoms with Crippen LogP contribution in [-0.4, -0.2) is 18.7 Å². The topological polar surface area (TPSA) is 63.8 Å². The number of hydrogen-bond acceptors (Lipinski definition) is 4. The number of fused-ring (bicyclic) bond motifs is 1. The summed E-state index contributed by atoms with van der Waals surface area (Å²) in [6, 6.07) is 15.1. The van der Waals surface area contributed by atoms with Gasteiger partial charge >= 0.3 is 5.91 Å². The van der Waals surface area contributed by atoms with Crippen molar-refractivity contribution < 1.29 is 13.9 Å². The van der Waals surface area contributed by atoms with Crippen LogP contribution in [0.4, 0.5) is 0 Å². The van der Waals surface area contributed by atoms with Crippen molar-refractivity contribution in [1.29, 1.82) is 0 Å². The Hall–Kier alpha value is -3.08. The number of hydrazone groups is 1. The molecule has 2 aromatic carbocycles. The number of rotatable bonds is 5. The Morgan fingerprint density at radius 3 is 2.87 bits per heavy atom. The Bertz CT molecular complexity index is 839. The number of furan rings is 1. The molecule has 0 radical (unpaired) electrons. The summed E-state index contributed by atoms with van der Waals surface area (Å²) in [5, 5.41) is 6.11. The van der Waals surface area contributed by atoms with Crippen LogP contribution in [0.25, 0.3) is 10.8 Å². The van der Waals surface area contributed by atoms with E-state index in [1.165, 1.54) is 6.26 Å². The maximum absolute atomic E-state index is 11.8. The van der Waals surface area contributed by atoms with Gasteiger partial charge in [-0.15, -0.1) is 0 Å². The van der Waals surface area contributed by atoms with Crippen LogP contribution in [0.3, 0.4) is 0 Å². The molecule has 23 heavy (non-hydrogen) atoms. The minimum atomic E-state index is -0.399. The van der Waals surface area contributed by atoms with E-state index in [0.29, 0.717) is 6.61 Å². The number of nitrogens with one attached hydrogen (secondary N) is 1. The van der Waals surface area contributed by atoms with Gasteiger partial charge in [0.2, 0.25) is 0 Å². The molecule has 0 fully saturated rings. The minimum Gasteiger partial charge on any atom is -0.493 e. The van der Waals surface area contributed by atoms with Gasteiger partial charge in [0.25, 0.3) is 0 Å². The van der Waals surface area contributed by atoms with Crippen LogP contribution >= 0.6 is 0 Å². The monoisotopic (exact) mass is 308 g/mol. The van der Waals surface area contributed by atoms with E-state index in [-0.39, 0.29) is 5.76 Å². The predicted octanol–water partition coefficient (Wildman–Crippen LogP) is 3.60. The van der Waals surface area contributed by atoms with Crippen molar-refractivity contribution >= 4 is 22.9 Å². The molecule has 0 unspecified atom stereocenters. The van der Waals surface area contributed by atoms with Gasteiger partial charge in [-0.2, -0.15) is 5.10 Å². The maximum atomic E-state index is 11.8. The molecule has 1 aromatic heterocycles. The number of hydrogen-bond donors (Lipinski definition) is 1. The molecule has 3 rings (SSSR count). The average molecular weight is 308 g/mol. The molecule has 1 amide bonds. The molecule has 0 aliphatic rings. The van der Waals surface area contributed by atoms with E-state index in [9.17, 15) is 4.79 Å². The standard InChI is InChI=1S/C18H16N2O3/c1-2-22-16-10-9-13-6-3-4-7-14(13)15(16)12-19-20-18(21)17-8-5-11-23-17/h3-12H,2H2,1H3,(H,20,21)/b19-12-. The third-order valence-electron chi connectivity index (χ3n) is 3.34. The Labute approximate surface area is 133 Å². The Morgan fingerprint density at radius 1 is 1.22 bits per heavy atom. The highest BCUT2D eigenvalue weighted by molar-refractivity contribution is 6.03. The molecule has 0 bridgehead atoms. The third kappa shape index (κ3) is 3.23. The summed E-state index contributed by atoms with van der Waals surface area (Å²) < 4.78 is 10.7. The van der Waals surface area contributed by atoms with Crippen molar-refractivity contribution in [3.63, 3.8) is 0 Å². The number of ether oxygens (including phenoxy) is 1. The highest BCUT2D eigenvalue weighted by Crippen LogP contribution is 2.26. The SMILES string of the molecule is CCOc1ccc2ccccc2c1/C=N\NC(=O)c1ccco1. The van der Waals surface area contributed by atoms with Crippen LogP contribution in [0.1, 0.15) is 23.0 Å². The number of carbonyl (C=O) groups is 1. The Kier molecular flexibility index (Phi) is 4.38. The van der Waals surface area contributed by atoms with E-state index in [2.05, 4.69) is 10.5 Å². The number of nitrogens with zero attached hydrogens (tertiary/aromatic N) is 1. The van der Waals surface area contributed by atoms with Gasteiger partial charge in [-0.05, 0) is 35.9 Å². The lowest BCUT2D eigenvalue weighted by atomic mass is 10.0. The average Bonchev–Trinajstić information content (AvgIpc) is 3.11. The highest BCUT2D eigenvalue weighted by atomic mass is 16.5. The summed E-state index contributed by atoms with van der Waals surface area (Å²) in [5.41, 5.74) is 3.27. The van der Waals surface area contributed by atoms with Crippen molar-refractivity contribution in [1.82, 2.24) is 5.43 Å². The molecule has 5 nitrogen and oxygen atoms in total. The van der Waals surface area contributed by atoms with Crippen LogP contribution < -0.4 is 10.2 Å². The van der Waals surface area contributed by atoms with Crippen LogP contribution in [0, 0.1) is 0 Å². The molecule has 0 aliphatic heterocycles. The molecular formula is C18H16N2O3. The zero-order valence-corrected chi connectivity index (χ0v) is 12.7. The van der Waals surface area contributed by atoms with Gasteiger partial charge in [0, 0.05) is 5.56 Å². The molecule has 0 atom stereocenters. The first-order chi connectivity index (χ1) is 11.3. The fourth-order valence-corrected chi connectivity index (χ4v) is 2.31. The van der Waals surface area contributed by atoms with E-state index in [0.717, 1.165) is 22.1 Å². The molecule has 1 heterocycles. The fourth-order valence-electron chi connectivity index (χ4n) is 2.31. The zero-order valence-electron chi connectivity index (χ0n) is 12.7. The van der Waals surface area contributed by atoms with Gasteiger partial charge < -0.3 is 9.15 Å². The van der Waals surface area contributed by atoms with E-state index in [4.69, 9.17) is 9.15 Å². The molecular weight excluding hydrogens is 292 g/mol. The van der Waals surface area contributed by atoms with Gasteiger partial charge in [0.05, 0.1) is 19.1 Å². The first-order valence-corrected chi connectivity index (χ1v) is 7.31. The largest absolute Gasteiger partial charge is 0.493 e. The number of amides is 1. The normalized spacial score (nSPS) is 11.0. The first-order valence-electron chi connectivity index (χ1n) is 7.31. The van der Waals surface area contributed by atoms with Gasteiger partial charge in [0.15, 0.2) is 5.76 Å². The second-order valence-corrected chi connectivity index (χ2v) is 4.81. The molecule has 5 heteroatoms. The zero-order chi connectivity index (χ0) is 16.1. The lowest BCUT2D eigenvalue weighted by molar-refractivity contribution is 0.0927. The molecule has 0 saturated carbocycles. The Balaban J connectivity index is 1.89. The summed E-state index contributed by atoms with van der Waals surface area (Å²) >= 11 is 0.